The lowest BCUT2D eigenvalue weighted by molar-refractivity contribution is 0.598. The van der Waals surface area contributed by atoms with Gasteiger partial charge in [-0.25, -0.2) is 8.42 Å². The van der Waals surface area contributed by atoms with Gasteiger partial charge in [0.25, 0.3) is 0 Å². The van der Waals surface area contributed by atoms with Crippen LogP contribution >= 0.6 is 0 Å². The molecule has 0 unspecified atom stereocenters. The predicted octanol–water partition coefficient (Wildman–Crippen LogP) is 4.27. The zero-order valence-corrected chi connectivity index (χ0v) is 15.0. The van der Waals surface area contributed by atoms with Gasteiger partial charge in [-0.15, -0.1) is 0 Å². The topological polar surface area (TPSA) is 58.2 Å². The molecule has 0 aliphatic carbocycles. The fourth-order valence-electron chi connectivity index (χ4n) is 2.39. The molecule has 0 heterocycles. The summed E-state index contributed by atoms with van der Waals surface area (Å²) >= 11 is 0. The van der Waals surface area contributed by atoms with Crippen LogP contribution in [0.15, 0.2) is 54.6 Å². The Morgan fingerprint density at radius 1 is 0.875 bits per heavy atom. The lowest BCUT2D eigenvalue weighted by atomic mass is 10.1. The summed E-state index contributed by atoms with van der Waals surface area (Å²) in [6, 6.07) is 17.8. The third kappa shape index (κ3) is 6.62. The Bertz CT molecular complexity index is 698. The summed E-state index contributed by atoms with van der Waals surface area (Å²) in [4.78, 5) is 0. The number of hydrogen-bond acceptors (Lipinski definition) is 3. The summed E-state index contributed by atoms with van der Waals surface area (Å²) in [7, 11) is -3.23. The van der Waals surface area contributed by atoms with Gasteiger partial charge in [0, 0.05) is 17.9 Å². The van der Waals surface area contributed by atoms with Gasteiger partial charge in [-0.3, -0.25) is 4.72 Å². The quantitative estimate of drug-likeness (QED) is 0.632. The van der Waals surface area contributed by atoms with Gasteiger partial charge in [0.2, 0.25) is 10.0 Å². The maximum atomic E-state index is 11.9. The Morgan fingerprint density at radius 2 is 1.54 bits per heavy atom. The van der Waals surface area contributed by atoms with Gasteiger partial charge in [0.1, 0.15) is 0 Å². The van der Waals surface area contributed by atoms with E-state index in [9.17, 15) is 8.42 Å². The smallest absolute Gasteiger partial charge is 0.232 e. The van der Waals surface area contributed by atoms with Gasteiger partial charge in [-0.2, -0.15) is 0 Å². The molecule has 2 N–H and O–H groups in total. The molecule has 0 amide bonds. The van der Waals surface area contributed by atoms with E-state index in [0.717, 1.165) is 31.5 Å². The van der Waals surface area contributed by atoms with Gasteiger partial charge in [0.15, 0.2) is 0 Å². The highest BCUT2D eigenvalue weighted by Crippen LogP contribution is 2.15. The van der Waals surface area contributed by atoms with E-state index in [0.29, 0.717) is 12.1 Å². The van der Waals surface area contributed by atoms with Crippen molar-refractivity contribution in [1.29, 1.82) is 0 Å². The average Bonchev–Trinajstić information content (AvgIpc) is 2.59. The SMILES string of the molecule is CCCCS(=O)(=O)Nc1ccc(NCCCc2ccccc2)cc1. The summed E-state index contributed by atoms with van der Waals surface area (Å²) in [5.74, 6) is 0.170. The van der Waals surface area contributed by atoms with Gasteiger partial charge in [0.05, 0.1) is 5.75 Å². The third-order valence-electron chi connectivity index (χ3n) is 3.74. The van der Waals surface area contributed by atoms with Crippen molar-refractivity contribution >= 4 is 21.4 Å². The molecule has 2 aromatic carbocycles. The van der Waals surface area contributed by atoms with Crippen molar-refractivity contribution in [3.05, 3.63) is 60.2 Å². The van der Waals surface area contributed by atoms with Crippen molar-refractivity contribution in [1.82, 2.24) is 0 Å². The van der Waals surface area contributed by atoms with Crippen LogP contribution < -0.4 is 10.0 Å². The molecule has 130 valence electrons. The highest BCUT2D eigenvalue weighted by Gasteiger charge is 2.09. The number of anilines is 2. The van der Waals surface area contributed by atoms with Crippen LogP contribution in [0.1, 0.15) is 31.7 Å². The molecular formula is C19H26N2O2S. The Morgan fingerprint density at radius 3 is 2.21 bits per heavy atom. The number of unbranched alkanes of at least 4 members (excludes halogenated alkanes) is 1. The van der Waals surface area contributed by atoms with Crippen molar-refractivity contribution in [2.75, 3.05) is 22.3 Å². The predicted molar refractivity (Wildman–Crippen MR) is 102 cm³/mol. The van der Waals surface area contributed by atoms with E-state index in [1.165, 1.54) is 5.56 Å². The van der Waals surface area contributed by atoms with Gasteiger partial charge >= 0.3 is 0 Å². The summed E-state index contributed by atoms with van der Waals surface area (Å²) < 4.78 is 26.3. The zero-order valence-electron chi connectivity index (χ0n) is 14.2. The van der Waals surface area contributed by atoms with E-state index in [4.69, 9.17) is 0 Å². The Hall–Kier alpha value is -2.01. The lowest BCUT2D eigenvalue weighted by Crippen LogP contribution is -2.16. The lowest BCUT2D eigenvalue weighted by Gasteiger charge is -2.10. The van der Waals surface area contributed by atoms with E-state index in [2.05, 4.69) is 34.3 Å². The standard InChI is InChI=1S/C19H26N2O2S/c1-2-3-16-24(22,23)21-19-13-11-18(12-14-19)20-15-7-10-17-8-5-4-6-9-17/h4-6,8-9,11-14,20-21H,2-3,7,10,15-16H2,1H3. The molecule has 24 heavy (non-hydrogen) atoms. The highest BCUT2D eigenvalue weighted by atomic mass is 32.2. The zero-order chi connectivity index (χ0) is 17.3. The molecule has 0 bridgehead atoms. The molecule has 0 spiro atoms. The van der Waals surface area contributed by atoms with Gasteiger partial charge in [-0.1, -0.05) is 43.7 Å². The van der Waals surface area contributed by atoms with Crippen LogP contribution in [0.25, 0.3) is 0 Å². The van der Waals surface area contributed by atoms with Gasteiger partial charge in [-0.05, 0) is 49.1 Å². The fourth-order valence-corrected chi connectivity index (χ4v) is 3.66. The largest absolute Gasteiger partial charge is 0.385 e. The number of nitrogens with one attached hydrogen (secondary N) is 2. The van der Waals surface area contributed by atoms with Crippen molar-refractivity contribution < 1.29 is 8.42 Å². The van der Waals surface area contributed by atoms with Crippen LogP contribution in [0.2, 0.25) is 0 Å². The number of aryl methyl sites for hydroxylation is 1. The highest BCUT2D eigenvalue weighted by molar-refractivity contribution is 7.92. The van der Waals surface area contributed by atoms with Crippen molar-refractivity contribution in [2.24, 2.45) is 0 Å². The fraction of sp³-hybridized carbons (Fsp3) is 0.368. The van der Waals surface area contributed by atoms with Crippen LogP contribution in [-0.2, 0) is 16.4 Å². The Kier molecular flexibility index (Phi) is 7.12. The van der Waals surface area contributed by atoms with E-state index in [1.54, 1.807) is 12.1 Å². The number of sulfonamides is 1. The minimum Gasteiger partial charge on any atom is -0.385 e. The minimum absolute atomic E-state index is 0.170. The first kappa shape index (κ1) is 18.3. The molecule has 0 aromatic heterocycles. The monoisotopic (exact) mass is 346 g/mol. The van der Waals surface area contributed by atoms with Gasteiger partial charge < -0.3 is 5.32 Å². The van der Waals surface area contributed by atoms with E-state index >= 15 is 0 Å². The summed E-state index contributed by atoms with van der Waals surface area (Å²) in [5, 5.41) is 3.36. The molecule has 5 heteroatoms. The number of benzene rings is 2. The molecule has 0 saturated heterocycles. The van der Waals surface area contributed by atoms with Crippen molar-refractivity contribution in [2.45, 2.75) is 32.6 Å². The van der Waals surface area contributed by atoms with Crippen molar-refractivity contribution in [3.63, 3.8) is 0 Å². The normalized spacial score (nSPS) is 11.2. The van der Waals surface area contributed by atoms with Crippen LogP contribution in [-0.4, -0.2) is 20.7 Å². The Balaban J connectivity index is 1.75. The summed E-state index contributed by atoms with van der Waals surface area (Å²) in [5.41, 5.74) is 2.96. The first-order chi connectivity index (χ1) is 11.6. The average molecular weight is 346 g/mol. The molecule has 0 aliphatic heterocycles. The maximum Gasteiger partial charge on any atom is 0.232 e. The minimum atomic E-state index is -3.23. The molecule has 0 aliphatic rings. The molecule has 2 rings (SSSR count). The molecule has 0 atom stereocenters. The van der Waals surface area contributed by atoms with Crippen LogP contribution in [0, 0.1) is 0 Å². The molecule has 0 fully saturated rings. The van der Waals surface area contributed by atoms with Crippen molar-refractivity contribution in [3.8, 4) is 0 Å². The second-order valence-corrected chi connectivity index (χ2v) is 7.71. The molecule has 0 radical (unpaired) electrons. The van der Waals surface area contributed by atoms with Crippen LogP contribution in [0.4, 0.5) is 11.4 Å². The first-order valence-corrected chi connectivity index (χ1v) is 10.1. The summed E-state index contributed by atoms with van der Waals surface area (Å²) in [6.45, 7) is 2.87. The van der Waals surface area contributed by atoms with E-state index in [1.807, 2.05) is 25.1 Å². The first-order valence-electron chi connectivity index (χ1n) is 8.47. The molecular weight excluding hydrogens is 320 g/mol. The Labute approximate surface area is 145 Å². The molecule has 2 aromatic rings. The van der Waals surface area contributed by atoms with Crippen LogP contribution in [0.5, 0.6) is 0 Å². The van der Waals surface area contributed by atoms with E-state index < -0.39 is 10.0 Å². The number of hydrogen-bond donors (Lipinski definition) is 2. The third-order valence-corrected chi connectivity index (χ3v) is 5.11. The molecule has 0 saturated carbocycles. The second-order valence-electron chi connectivity index (χ2n) is 5.87. The second kappa shape index (κ2) is 9.33. The number of rotatable bonds is 10. The van der Waals surface area contributed by atoms with E-state index in [-0.39, 0.29) is 5.75 Å². The van der Waals surface area contributed by atoms with Crippen LogP contribution in [0.3, 0.4) is 0 Å². The maximum absolute atomic E-state index is 11.9. The molecule has 4 nitrogen and oxygen atoms in total. The summed E-state index contributed by atoms with van der Waals surface area (Å²) in [6.07, 6.45) is 3.64.